The van der Waals surface area contributed by atoms with Crippen LogP contribution < -0.4 is 10.6 Å². The molecule has 1 fully saturated rings. The fourth-order valence-corrected chi connectivity index (χ4v) is 2.96. The highest BCUT2D eigenvalue weighted by Gasteiger charge is 2.25. The predicted octanol–water partition coefficient (Wildman–Crippen LogP) is 2.32. The van der Waals surface area contributed by atoms with Gasteiger partial charge in [-0.1, -0.05) is 48.0 Å². The topological polar surface area (TPSA) is 61.4 Å². The second kappa shape index (κ2) is 7.13. The standard InChI is InChI=1S/C18H19ClN2O2/c19-16-7-6-13(12-4-2-1-3-5-12)8-15(16)18(23)21-10-14-9-20-11-17(14)22/h1-8,14,17,20,22H,9-11H2,(H,21,23). The molecule has 1 amide bonds. The van der Waals surface area contributed by atoms with Crippen molar-refractivity contribution in [3.63, 3.8) is 0 Å². The third-order valence-corrected chi connectivity index (χ3v) is 4.48. The van der Waals surface area contributed by atoms with Crippen molar-refractivity contribution in [2.24, 2.45) is 5.92 Å². The number of β-amino-alcohol motifs (C(OH)–C–C–N with tert-alkyl or cyclic N) is 1. The van der Waals surface area contributed by atoms with E-state index in [0.717, 1.165) is 11.1 Å². The fraction of sp³-hybridized carbons (Fsp3) is 0.278. The minimum atomic E-state index is -0.415. The molecule has 4 nitrogen and oxygen atoms in total. The van der Waals surface area contributed by atoms with Gasteiger partial charge in [0.05, 0.1) is 16.7 Å². The molecule has 3 rings (SSSR count). The number of amides is 1. The summed E-state index contributed by atoms with van der Waals surface area (Å²) in [6.07, 6.45) is -0.415. The van der Waals surface area contributed by atoms with E-state index in [1.165, 1.54) is 0 Å². The van der Waals surface area contributed by atoms with Crippen molar-refractivity contribution >= 4 is 17.5 Å². The van der Waals surface area contributed by atoms with Crippen LogP contribution in [-0.4, -0.2) is 36.8 Å². The summed E-state index contributed by atoms with van der Waals surface area (Å²) in [6.45, 7) is 1.71. The molecule has 0 aromatic heterocycles. The Morgan fingerprint density at radius 2 is 1.96 bits per heavy atom. The number of carbonyl (C=O) groups is 1. The van der Waals surface area contributed by atoms with Gasteiger partial charge in [-0.3, -0.25) is 4.79 Å². The van der Waals surface area contributed by atoms with Gasteiger partial charge < -0.3 is 15.7 Å². The van der Waals surface area contributed by atoms with Gasteiger partial charge in [-0.25, -0.2) is 0 Å². The first-order chi connectivity index (χ1) is 11.1. The van der Waals surface area contributed by atoms with Crippen LogP contribution in [0.2, 0.25) is 5.02 Å². The average Bonchev–Trinajstić information content (AvgIpc) is 2.99. The second-order valence-corrected chi connectivity index (χ2v) is 6.16. The zero-order chi connectivity index (χ0) is 16.2. The first kappa shape index (κ1) is 16.0. The van der Waals surface area contributed by atoms with Crippen LogP contribution in [0.25, 0.3) is 11.1 Å². The summed E-state index contributed by atoms with van der Waals surface area (Å²) in [5.41, 5.74) is 2.44. The summed E-state index contributed by atoms with van der Waals surface area (Å²) in [5.74, 6) is -0.179. The smallest absolute Gasteiger partial charge is 0.252 e. The Morgan fingerprint density at radius 3 is 2.65 bits per heavy atom. The van der Waals surface area contributed by atoms with Gasteiger partial charge in [0.15, 0.2) is 0 Å². The van der Waals surface area contributed by atoms with Crippen molar-refractivity contribution in [1.82, 2.24) is 10.6 Å². The molecule has 2 aromatic rings. The van der Waals surface area contributed by atoms with Crippen molar-refractivity contribution in [3.05, 3.63) is 59.1 Å². The molecular formula is C18H19ClN2O2. The van der Waals surface area contributed by atoms with Crippen molar-refractivity contribution < 1.29 is 9.90 Å². The van der Waals surface area contributed by atoms with Gasteiger partial charge in [0.1, 0.15) is 0 Å². The van der Waals surface area contributed by atoms with Crippen LogP contribution in [-0.2, 0) is 0 Å². The lowest BCUT2D eigenvalue weighted by Gasteiger charge is -2.15. The normalized spacial score (nSPS) is 20.4. The van der Waals surface area contributed by atoms with Gasteiger partial charge in [0.25, 0.3) is 5.91 Å². The summed E-state index contributed by atoms with van der Waals surface area (Å²) in [6, 6.07) is 15.3. The SMILES string of the molecule is O=C(NCC1CNCC1O)c1cc(-c2ccccc2)ccc1Cl. The molecule has 0 radical (unpaired) electrons. The molecular weight excluding hydrogens is 312 g/mol. The van der Waals surface area contributed by atoms with Gasteiger partial charge >= 0.3 is 0 Å². The van der Waals surface area contributed by atoms with Crippen LogP contribution in [0.5, 0.6) is 0 Å². The summed E-state index contributed by atoms with van der Waals surface area (Å²) in [4.78, 5) is 12.4. The maximum atomic E-state index is 12.4. The van der Waals surface area contributed by atoms with Crippen LogP contribution in [0, 0.1) is 5.92 Å². The lowest BCUT2D eigenvalue weighted by Crippen LogP contribution is -2.34. The zero-order valence-electron chi connectivity index (χ0n) is 12.6. The van der Waals surface area contributed by atoms with E-state index in [-0.39, 0.29) is 11.8 Å². The number of nitrogens with one attached hydrogen (secondary N) is 2. The zero-order valence-corrected chi connectivity index (χ0v) is 13.4. The maximum Gasteiger partial charge on any atom is 0.252 e. The molecule has 2 atom stereocenters. The highest BCUT2D eigenvalue weighted by atomic mass is 35.5. The molecule has 0 bridgehead atoms. The number of aliphatic hydroxyl groups is 1. The first-order valence-corrected chi connectivity index (χ1v) is 8.05. The molecule has 1 saturated heterocycles. The van der Waals surface area contributed by atoms with Crippen LogP contribution in [0.3, 0.4) is 0 Å². The molecule has 1 heterocycles. The van der Waals surface area contributed by atoms with E-state index in [1.807, 2.05) is 36.4 Å². The summed E-state index contributed by atoms with van der Waals surface area (Å²) in [7, 11) is 0. The van der Waals surface area contributed by atoms with Crippen LogP contribution in [0.4, 0.5) is 0 Å². The van der Waals surface area contributed by atoms with E-state index in [9.17, 15) is 9.90 Å². The fourth-order valence-electron chi connectivity index (χ4n) is 2.76. The van der Waals surface area contributed by atoms with Crippen LogP contribution in [0.15, 0.2) is 48.5 Å². The quantitative estimate of drug-likeness (QED) is 0.806. The Labute approximate surface area is 140 Å². The molecule has 5 heteroatoms. The molecule has 0 spiro atoms. The third kappa shape index (κ3) is 3.72. The van der Waals surface area contributed by atoms with Gasteiger partial charge in [-0.05, 0) is 23.3 Å². The monoisotopic (exact) mass is 330 g/mol. The van der Waals surface area contributed by atoms with Crippen LogP contribution in [0.1, 0.15) is 10.4 Å². The Bertz CT molecular complexity index is 691. The van der Waals surface area contributed by atoms with E-state index in [0.29, 0.717) is 30.2 Å². The molecule has 120 valence electrons. The highest BCUT2D eigenvalue weighted by Crippen LogP contribution is 2.25. The average molecular weight is 331 g/mol. The van der Waals surface area contributed by atoms with Gasteiger partial charge in [-0.2, -0.15) is 0 Å². The predicted molar refractivity (Wildman–Crippen MR) is 91.6 cm³/mol. The Morgan fingerprint density at radius 1 is 1.17 bits per heavy atom. The molecule has 3 N–H and O–H groups in total. The molecule has 0 saturated carbocycles. The van der Waals surface area contributed by atoms with Gasteiger partial charge in [0.2, 0.25) is 0 Å². The maximum absolute atomic E-state index is 12.4. The lowest BCUT2D eigenvalue weighted by molar-refractivity contribution is 0.0927. The Kier molecular flexibility index (Phi) is 4.96. The summed E-state index contributed by atoms with van der Waals surface area (Å²) >= 11 is 6.18. The highest BCUT2D eigenvalue weighted by molar-refractivity contribution is 6.34. The van der Waals surface area contributed by atoms with Gasteiger partial charge in [0, 0.05) is 25.6 Å². The molecule has 1 aliphatic heterocycles. The minimum absolute atomic E-state index is 0.0371. The van der Waals surface area contributed by atoms with E-state index in [2.05, 4.69) is 10.6 Å². The van der Waals surface area contributed by atoms with Crippen LogP contribution >= 0.6 is 11.6 Å². The Balaban J connectivity index is 1.74. The third-order valence-electron chi connectivity index (χ3n) is 4.15. The van der Waals surface area contributed by atoms with E-state index in [1.54, 1.807) is 12.1 Å². The molecule has 2 unspecified atom stereocenters. The van der Waals surface area contributed by atoms with Crippen molar-refractivity contribution in [1.29, 1.82) is 0 Å². The van der Waals surface area contributed by atoms with E-state index < -0.39 is 6.10 Å². The number of hydrogen-bond donors (Lipinski definition) is 3. The number of carbonyl (C=O) groups excluding carboxylic acids is 1. The first-order valence-electron chi connectivity index (χ1n) is 7.67. The van der Waals surface area contributed by atoms with Crippen molar-refractivity contribution in [2.75, 3.05) is 19.6 Å². The number of halogens is 1. The van der Waals surface area contributed by atoms with Gasteiger partial charge in [-0.15, -0.1) is 0 Å². The largest absolute Gasteiger partial charge is 0.391 e. The Hall–Kier alpha value is -1.88. The second-order valence-electron chi connectivity index (χ2n) is 5.76. The molecule has 0 aliphatic carbocycles. The van der Waals surface area contributed by atoms with E-state index >= 15 is 0 Å². The number of hydrogen-bond acceptors (Lipinski definition) is 3. The van der Waals surface area contributed by atoms with Crippen molar-refractivity contribution in [3.8, 4) is 11.1 Å². The number of rotatable bonds is 4. The minimum Gasteiger partial charge on any atom is -0.391 e. The number of aliphatic hydroxyl groups excluding tert-OH is 1. The van der Waals surface area contributed by atoms with E-state index in [4.69, 9.17) is 11.6 Å². The van der Waals surface area contributed by atoms with Crippen molar-refractivity contribution in [2.45, 2.75) is 6.10 Å². The molecule has 2 aromatic carbocycles. The summed E-state index contributed by atoms with van der Waals surface area (Å²) < 4.78 is 0. The molecule has 23 heavy (non-hydrogen) atoms. The summed E-state index contributed by atoms with van der Waals surface area (Å²) in [5, 5.41) is 16.2. The number of benzene rings is 2. The molecule has 1 aliphatic rings. The lowest BCUT2D eigenvalue weighted by atomic mass is 10.0.